The van der Waals surface area contributed by atoms with E-state index in [1.54, 1.807) is 0 Å². The molecule has 110 valence electrons. The molecule has 0 aliphatic carbocycles. The molecule has 1 fully saturated rings. The van der Waals surface area contributed by atoms with Crippen LogP contribution in [0.3, 0.4) is 0 Å². The maximum Gasteiger partial charge on any atom is 0.310 e. The molecule has 3 rings (SSSR count). The molecule has 0 spiro atoms. The van der Waals surface area contributed by atoms with Gasteiger partial charge in [0.15, 0.2) is 0 Å². The van der Waals surface area contributed by atoms with Crippen LogP contribution in [-0.2, 0) is 9.53 Å². The lowest BCUT2D eigenvalue weighted by atomic mass is 9.97. The van der Waals surface area contributed by atoms with Gasteiger partial charge in [0.1, 0.15) is 0 Å². The molecule has 0 radical (unpaired) electrons. The lowest BCUT2D eigenvalue weighted by Crippen LogP contribution is -2.39. The molecule has 4 heteroatoms. The normalized spacial score (nSPS) is 18.7. The van der Waals surface area contributed by atoms with Gasteiger partial charge in [-0.2, -0.15) is 0 Å². The number of aromatic nitrogens is 1. The van der Waals surface area contributed by atoms with E-state index in [0.29, 0.717) is 13.2 Å². The number of fused-ring (bicyclic) bond motifs is 1. The Bertz CT molecular complexity index is 636. The first-order chi connectivity index (χ1) is 10.3. The molecule has 1 aliphatic heterocycles. The predicted octanol–water partition coefficient (Wildman–Crippen LogP) is 3.01. The number of carbonyl (C=O) groups is 1. The number of hydrogen-bond acceptors (Lipinski definition) is 4. The van der Waals surface area contributed by atoms with Crippen molar-refractivity contribution >= 4 is 22.6 Å². The van der Waals surface area contributed by atoms with Crippen LogP contribution >= 0.6 is 0 Å². The highest BCUT2D eigenvalue weighted by atomic mass is 16.5. The van der Waals surface area contributed by atoms with E-state index in [-0.39, 0.29) is 11.9 Å². The Labute approximate surface area is 124 Å². The van der Waals surface area contributed by atoms with Gasteiger partial charge in [-0.3, -0.25) is 9.78 Å². The molecule has 1 aromatic carbocycles. The zero-order valence-electron chi connectivity index (χ0n) is 12.3. The van der Waals surface area contributed by atoms with Gasteiger partial charge in [-0.15, -0.1) is 0 Å². The minimum atomic E-state index is -0.0737. The second kappa shape index (κ2) is 6.12. The maximum atomic E-state index is 12.0. The van der Waals surface area contributed by atoms with E-state index in [2.05, 4.69) is 28.1 Å². The third kappa shape index (κ3) is 2.84. The fraction of sp³-hybridized carbons (Fsp3) is 0.412. The number of nitrogens with zero attached hydrogens (tertiary/aromatic N) is 2. The van der Waals surface area contributed by atoms with Crippen LogP contribution in [-0.4, -0.2) is 30.6 Å². The Balaban J connectivity index is 1.87. The predicted molar refractivity (Wildman–Crippen MR) is 83.3 cm³/mol. The van der Waals surface area contributed by atoms with Crippen LogP contribution in [0.15, 0.2) is 36.5 Å². The summed E-state index contributed by atoms with van der Waals surface area (Å²) in [7, 11) is 0. The first-order valence-electron chi connectivity index (χ1n) is 7.55. The molecule has 2 heterocycles. The molecule has 0 saturated carbocycles. The summed E-state index contributed by atoms with van der Waals surface area (Å²) in [5, 5.41) is 1.13. The number of benzene rings is 1. The maximum absolute atomic E-state index is 12.0. The van der Waals surface area contributed by atoms with Crippen molar-refractivity contribution in [2.75, 3.05) is 24.6 Å². The number of rotatable bonds is 3. The number of pyridine rings is 1. The highest BCUT2D eigenvalue weighted by Crippen LogP contribution is 2.29. The zero-order valence-corrected chi connectivity index (χ0v) is 12.3. The highest BCUT2D eigenvalue weighted by molar-refractivity contribution is 5.91. The number of para-hydroxylation sites is 1. The van der Waals surface area contributed by atoms with Crippen molar-refractivity contribution in [1.29, 1.82) is 0 Å². The van der Waals surface area contributed by atoms with Gasteiger partial charge in [-0.1, -0.05) is 18.2 Å². The molecule has 21 heavy (non-hydrogen) atoms. The Morgan fingerprint density at radius 2 is 2.24 bits per heavy atom. The second-order valence-electron chi connectivity index (χ2n) is 5.39. The van der Waals surface area contributed by atoms with Crippen molar-refractivity contribution in [3.05, 3.63) is 36.5 Å². The molecule has 1 aliphatic rings. The fourth-order valence-corrected chi connectivity index (χ4v) is 2.99. The summed E-state index contributed by atoms with van der Waals surface area (Å²) in [6, 6.07) is 10.2. The summed E-state index contributed by atoms with van der Waals surface area (Å²) in [6.07, 6.45) is 3.73. The number of anilines is 1. The third-order valence-electron chi connectivity index (χ3n) is 3.99. The molecule has 1 unspecified atom stereocenters. The lowest BCUT2D eigenvalue weighted by molar-refractivity contribution is -0.148. The van der Waals surface area contributed by atoms with Crippen LogP contribution in [0.25, 0.3) is 10.9 Å². The van der Waals surface area contributed by atoms with Gasteiger partial charge in [0.2, 0.25) is 0 Å². The van der Waals surface area contributed by atoms with Gasteiger partial charge in [0.25, 0.3) is 0 Å². The smallest absolute Gasteiger partial charge is 0.310 e. The van der Waals surface area contributed by atoms with E-state index >= 15 is 0 Å². The standard InChI is InChI=1S/C17H20N2O2/c1-2-21-17(20)14-8-5-11-19(12-14)15-9-3-6-13-7-4-10-18-16(13)15/h3-4,6-7,9-10,14H,2,5,8,11-12H2,1H3. The van der Waals surface area contributed by atoms with E-state index < -0.39 is 0 Å². The van der Waals surface area contributed by atoms with E-state index in [1.807, 2.05) is 25.3 Å². The monoisotopic (exact) mass is 284 g/mol. The van der Waals surface area contributed by atoms with Crippen molar-refractivity contribution in [3.63, 3.8) is 0 Å². The van der Waals surface area contributed by atoms with E-state index in [9.17, 15) is 4.79 Å². The largest absolute Gasteiger partial charge is 0.466 e. The van der Waals surface area contributed by atoms with Crippen LogP contribution in [0.2, 0.25) is 0 Å². The van der Waals surface area contributed by atoms with E-state index in [4.69, 9.17) is 4.74 Å². The molecular formula is C17H20N2O2. The van der Waals surface area contributed by atoms with Crippen LogP contribution < -0.4 is 4.90 Å². The second-order valence-corrected chi connectivity index (χ2v) is 5.39. The topological polar surface area (TPSA) is 42.4 Å². The molecule has 0 amide bonds. The van der Waals surface area contributed by atoms with Gasteiger partial charge >= 0.3 is 5.97 Å². The molecule has 0 N–H and O–H groups in total. The molecule has 2 aromatic rings. The average Bonchev–Trinajstić information content (AvgIpc) is 2.55. The zero-order chi connectivity index (χ0) is 14.7. The van der Waals surface area contributed by atoms with Crippen LogP contribution in [0.5, 0.6) is 0 Å². The summed E-state index contributed by atoms with van der Waals surface area (Å²) in [5.41, 5.74) is 2.12. The van der Waals surface area contributed by atoms with Gasteiger partial charge in [0, 0.05) is 24.7 Å². The molecular weight excluding hydrogens is 264 g/mol. The SMILES string of the molecule is CCOC(=O)C1CCCN(c2cccc3cccnc23)C1. The van der Waals surface area contributed by atoms with Crippen molar-refractivity contribution in [2.45, 2.75) is 19.8 Å². The minimum absolute atomic E-state index is 0.0299. The number of carbonyl (C=O) groups excluding carboxylic acids is 1. The van der Waals surface area contributed by atoms with E-state index in [0.717, 1.165) is 36.0 Å². The van der Waals surface area contributed by atoms with Crippen molar-refractivity contribution in [1.82, 2.24) is 4.98 Å². The Morgan fingerprint density at radius 1 is 1.38 bits per heavy atom. The van der Waals surface area contributed by atoms with Crippen LogP contribution in [0.1, 0.15) is 19.8 Å². The van der Waals surface area contributed by atoms with Crippen molar-refractivity contribution < 1.29 is 9.53 Å². The first-order valence-corrected chi connectivity index (χ1v) is 7.55. The summed E-state index contributed by atoms with van der Waals surface area (Å²) < 4.78 is 5.17. The Hall–Kier alpha value is -2.10. The highest BCUT2D eigenvalue weighted by Gasteiger charge is 2.27. The molecule has 4 nitrogen and oxygen atoms in total. The number of piperidine rings is 1. The van der Waals surface area contributed by atoms with Crippen molar-refractivity contribution in [3.8, 4) is 0 Å². The molecule has 0 bridgehead atoms. The van der Waals surface area contributed by atoms with Gasteiger partial charge in [0.05, 0.1) is 23.7 Å². The number of hydrogen-bond donors (Lipinski definition) is 0. The number of ether oxygens (including phenoxy) is 1. The van der Waals surface area contributed by atoms with Crippen LogP contribution in [0, 0.1) is 5.92 Å². The van der Waals surface area contributed by atoms with Gasteiger partial charge < -0.3 is 9.64 Å². The Kier molecular flexibility index (Phi) is 4.04. The quantitative estimate of drug-likeness (QED) is 0.813. The van der Waals surface area contributed by atoms with Crippen LogP contribution in [0.4, 0.5) is 5.69 Å². The summed E-state index contributed by atoms with van der Waals surface area (Å²) in [6.45, 7) is 3.98. The molecule has 1 aromatic heterocycles. The first kappa shape index (κ1) is 13.9. The summed E-state index contributed by atoms with van der Waals surface area (Å²) in [4.78, 5) is 18.7. The summed E-state index contributed by atoms with van der Waals surface area (Å²) >= 11 is 0. The Morgan fingerprint density at radius 3 is 3.10 bits per heavy atom. The van der Waals surface area contributed by atoms with E-state index in [1.165, 1.54) is 0 Å². The number of esters is 1. The molecule has 1 atom stereocenters. The minimum Gasteiger partial charge on any atom is -0.466 e. The molecule has 1 saturated heterocycles. The fourth-order valence-electron chi connectivity index (χ4n) is 2.99. The summed E-state index contributed by atoms with van der Waals surface area (Å²) in [5.74, 6) is -0.104. The van der Waals surface area contributed by atoms with Gasteiger partial charge in [-0.05, 0) is 31.9 Å². The van der Waals surface area contributed by atoms with Crippen molar-refractivity contribution in [2.24, 2.45) is 5.92 Å². The lowest BCUT2D eigenvalue weighted by Gasteiger charge is -2.33. The van der Waals surface area contributed by atoms with Gasteiger partial charge in [-0.25, -0.2) is 0 Å². The third-order valence-corrected chi connectivity index (χ3v) is 3.99. The average molecular weight is 284 g/mol.